The van der Waals surface area contributed by atoms with Crippen LogP contribution in [-0.2, 0) is 4.89 Å². The van der Waals surface area contributed by atoms with Crippen molar-refractivity contribution in [3.8, 4) is 5.19 Å². The van der Waals surface area contributed by atoms with E-state index in [0.29, 0.717) is 28.8 Å². The lowest BCUT2D eigenvalue weighted by Crippen LogP contribution is -2.39. The van der Waals surface area contributed by atoms with Gasteiger partial charge in [-0.05, 0) is 38.2 Å². The maximum atomic E-state index is 12.1. The monoisotopic (exact) mass is 367 g/mol. The number of fused-ring (bicyclic) bond motifs is 1. The molecule has 1 saturated heterocycles. The molecule has 0 unspecified atom stereocenters. The zero-order chi connectivity index (χ0) is 16.5. The van der Waals surface area contributed by atoms with Crippen LogP contribution >= 0.6 is 22.7 Å². The van der Waals surface area contributed by atoms with E-state index < -0.39 is 6.09 Å². The minimum Gasteiger partial charge on any atom is -0.349 e. The van der Waals surface area contributed by atoms with E-state index >= 15 is 0 Å². The zero-order valence-corrected chi connectivity index (χ0v) is 14.6. The van der Waals surface area contributed by atoms with Gasteiger partial charge in [0.2, 0.25) is 0 Å². The Hall–Kier alpha value is -1.87. The molecule has 2 amide bonds. The molecular formula is C15H17N3O4S2. The van der Waals surface area contributed by atoms with E-state index in [4.69, 9.17) is 9.78 Å². The Kier molecular flexibility index (Phi) is 4.28. The topological polar surface area (TPSA) is 80.8 Å². The van der Waals surface area contributed by atoms with Gasteiger partial charge in [-0.25, -0.2) is 9.68 Å². The second-order valence-corrected chi connectivity index (χ2v) is 8.01. The van der Waals surface area contributed by atoms with Gasteiger partial charge in [-0.1, -0.05) is 11.3 Å². The molecule has 0 radical (unpaired) electrons. The van der Waals surface area contributed by atoms with Crippen molar-refractivity contribution in [1.29, 1.82) is 0 Å². The summed E-state index contributed by atoms with van der Waals surface area (Å²) in [6.07, 6.45) is 4.81. The van der Waals surface area contributed by atoms with Crippen LogP contribution in [0.25, 0.3) is 9.53 Å². The van der Waals surface area contributed by atoms with E-state index in [1.54, 1.807) is 11.0 Å². The predicted octanol–water partition coefficient (Wildman–Crippen LogP) is 3.17. The summed E-state index contributed by atoms with van der Waals surface area (Å²) in [5.41, 5.74) is 0. The quantitative estimate of drug-likeness (QED) is 0.663. The average molecular weight is 367 g/mol. The molecule has 2 aromatic rings. The van der Waals surface area contributed by atoms with Crippen LogP contribution in [0.2, 0.25) is 0 Å². The van der Waals surface area contributed by atoms with Crippen molar-refractivity contribution in [2.75, 3.05) is 13.1 Å². The highest BCUT2D eigenvalue weighted by molar-refractivity contribution is 7.28. The fourth-order valence-electron chi connectivity index (χ4n) is 2.70. The standard InChI is InChI=1S/C15H17N3O4S2/c19-12(16-9-4-3-5-9)10-8-11-13(23-10)17-14(24-11)21-22-15(20)18-6-1-2-7-18/h8-9H,1-7H2,(H,16,19). The van der Waals surface area contributed by atoms with Gasteiger partial charge in [-0.2, -0.15) is 4.98 Å². The van der Waals surface area contributed by atoms with Crippen LogP contribution in [0.1, 0.15) is 41.8 Å². The normalized spacial score (nSPS) is 17.8. The van der Waals surface area contributed by atoms with Crippen LogP contribution in [0, 0.1) is 0 Å². The van der Waals surface area contributed by atoms with Crippen LogP contribution in [0.4, 0.5) is 4.79 Å². The number of thiophene rings is 1. The highest BCUT2D eigenvalue weighted by atomic mass is 32.1. The largest absolute Gasteiger partial charge is 0.453 e. The van der Waals surface area contributed by atoms with Gasteiger partial charge in [-0.15, -0.1) is 11.3 Å². The molecule has 0 atom stereocenters. The number of carbonyl (C=O) groups excluding carboxylic acids is 2. The fourth-order valence-corrected chi connectivity index (χ4v) is 4.61. The zero-order valence-electron chi connectivity index (χ0n) is 12.9. The summed E-state index contributed by atoms with van der Waals surface area (Å²) in [6, 6.07) is 2.12. The molecule has 2 aliphatic rings. The van der Waals surface area contributed by atoms with Crippen molar-refractivity contribution in [2.45, 2.75) is 38.1 Å². The van der Waals surface area contributed by atoms with Gasteiger partial charge in [0.25, 0.3) is 5.91 Å². The molecule has 2 aromatic heterocycles. The first kappa shape index (κ1) is 15.6. The molecule has 2 fully saturated rings. The maximum Gasteiger partial charge on any atom is 0.453 e. The van der Waals surface area contributed by atoms with E-state index in [0.717, 1.165) is 30.4 Å². The number of amides is 2. The van der Waals surface area contributed by atoms with Gasteiger partial charge >= 0.3 is 11.3 Å². The third kappa shape index (κ3) is 3.18. The first-order valence-corrected chi connectivity index (χ1v) is 9.67. The summed E-state index contributed by atoms with van der Waals surface area (Å²) in [5, 5.41) is 3.28. The fraction of sp³-hybridized carbons (Fsp3) is 0.533. The summed E-state index contributed by atoms with van der Waals surface area (Å²) >= 11 is 2.58. The Morgan fingerprint density at radius 3 is 2.67 bits per heavy atom. The summed E-state index contributed by atoms with van der Waals surface area (Å²) in [7, 11) is 0. The minimum atomic E-state index is -0.480. The van der Waals surface area contributed by atoms with Crippen LogP contribution in [-0.4, -0.2) is 41.0 Å². The summed E-state index contributed by atoms with van der Waals surface area (Å²) in [4.78, 5) is 41.0. The number of rotatable bonds is 4. The lowest BCUT2D eigenvalue weighted by atomic mass is 9.93. The summed E-state index contributed by atoms with van der Waals surface area (Å²) in [5.74, 6) is -0.0437. The van der Waals surface area contributed by atoms with Gasteiger partial charge in [-0.3, -0.25) is 9.68 Å². The molecule has 1 N–H and O–H groups in total. The smallest absolute Gasteiger partial charge is 0.349 e. The Morgan fingerprint density at radius 2 is 2.00 bits per heavy atom. The second kappa shape index (κ2) is 6.56. The van der Waals surface area contributed by atoms with Crippen molar-refractivity contribution in [2.24, 2.45) is 0 Å². The van der Waals surface area contributed by atoms with Crippen LogP contribution in [0.3, 0.4) is 0 Å². The third-order valence-electron chi connectivity index (χ3n) is 4.28. The Bertz CT molecular complexity index is 730. The third-order valence-corrected chi connectivity index (χ3v) is 6.30. The molecule has 128 valence electrons. The van der Waals surface area contributed by atoms with E-state index in [9.17, 15) is 9.59 Å². The molecule has 9 heteroatoms. The molecule has 1 aliphatic heterocycles. The van der Waals surface area contributed by atoms with Crippen molar-refractivity contribution in [3.05, 3.63) is 10.9 Å². The van der Waals surface area contributed by atoms with Gasteiger partial charge in [0.1, 0.15) is 4.83 Å². The molecule has 3 heterocycles. The molecule has 7 nitrogen and oxygen atoms in total. The average Bonchev–Trinajstić information content (AvgIpc) is 3.22. The molecule has 0 aromatic carbocycles. The number of hydrogen-bond donors (Lipinski definition) is 1. The van der Waals surface area contributed by atoms with Crippen LogP contribution in [0.5, 0.6) is 5.19 Å². The van der Waals surface area contributed by atoms with Crippen molar-refractivity contribution in [1.82, 2.24) is 15.2 Å². The number of hydrogen-bond acceptors (Lipinski definition) is 7. The molecule has 0 spiro atoms. The molecule has 4 rings (SSSR count). The molecule has 24 heavy (non-hydrogen) atoms. The van der Waals surface area contributed by atoms with Gasteiger partial charge in [0.15, 0.2) is 0 Å². The molecular weight excluding hydrogens is 350 g/mol. The van der Waals surface area contributed by atoms with Crippen LogP contribution in [0.15, 0.2) is 6.07 Å². The van der Waals surface area contributed by atoms with E-state index in [2.05, 4.69) is 10.3 Å². The number of aromatic nitrogens is 1. The highest BCUT2D eigenvalue weighted by Crippen LogP contribution is 2.34. The summed E-state index contributed by atoms with van der Waals surface area (Å²) < 4.78 is 0.853. The van der Waals surface area contributed by atoms with Gasteiger partial charge in [0.05, 0.1) is 9.58 Å². The van der Waals surface area contributed by atoms with Gasteiger partial charge < -0.3 is 10.2 Å². The second-order valence-electron chi connectivity index (χ2n) is 5.99. The van der Waals surface area contributed by atoms with Gasteiger partial charge in [0, 0.05) is 19.1 Å². The molecule has 1 saturated carbocycles. The number of thiazole rings is 1. The molecule has 0 bridgehead atoms. The highest BCUT2D eigenvalue weighted by Gasteiger charge is 2.23. The predicted molar refractivity (Wildman–Crippen MR) is 90.5 cm³/mol. The summed E-state index contributed by atoms with van der Waals surface area (Å²) in [6.45, 7) is 1.41. The van der Waals surface area contributed by atoms with Crippen LogP contribution < -0.4 is 10.2 Å². The number of nitrogens with one attached hydrogen (secondary N) is 1. The Balaban J connectivity index is 1.36. The van der Waals surface area contributed by atoms with Crippen molar-refractivity contribution in [3.63, 3.8) is 0 Å². The maximum absolute atomic E-state index is 12.1. The SMILES string of the molecule is O=C(NC1CCC1)c1cc2sc(OOC(=O)N3CCCC3)nc2s1. The number of carbonyl (C=O) groups is 2. The first-order chi connectivity index (χ1) is 11.7. The Morgan fingerprint density at radius 1 is 1.21 bits per heavy atom. The van der Waals surface area contributed by atoms with E-state index in [-0.39, 0.29) is 11.1 Å². The van der Waals surface area contributed by atoms with E-state index in [1.807, 2.05) is 0 Å². The first-order valence-electron chi connectivity index (χ1n) is 8.04. The van der Waals surface area contributed by atoms with Crippen molar-refractivity contribution < 1.29 is 19.4 Å². The lowest BCUT2D eigenvalue weighted by molar-refractivity contribution is -0.152. The number of nitrogens with zero attached hydrogens (tertiary/aromatic N) is 2. The Labute approximate surface area is 146 Å². The van der Waals surface area contributed by atoms with Crippen molar-refractivity contribution >= 4 is 44.2 Å². The molecule has 1 aliphatic carbocycles. The lowest BCUT2D eigenvalue weighted by Gasteiger charge is -2.25. The number of likely N-dealkylation sites (tertiary alicyclic amines) is 1. The van der Waals surface area contributed by atoms with E-state index in [1.165, 1.54) is 29.1 Å². The minimum absolute atomic E-state index is 0.0437.